The minimum atomic E-state index is -1.32. The lowest BCUT2D eigenvalue weighted by atomic mass is 9.87. The number of oxime groups is 1. The van der Waals surface area contributed by atoms with Crippen LogP contribution >= 0.6 is 0 Å². The van der Waals surface area contributed by atoms with Crippen LogP contribution in [0.3, 0.4) is 0 Å². The molecule has 0 saturated heterocycles. The van der Waals surface area contributed by atoms with Crippen LogP contribution in [0.4, 0.5) is 11.8 Å². The molecule has 0 radical (unpaired) electrons. The average molecular weight is 470 g/mol. The number of nitrogens with one attached hydrogen (secondary N) is 3. The van der Waals surface area contributed by atoms with Gasteiger partial charge in [0.15, 0.2) is 6.10 Å². The van der Waals surface area contributed by atoms with Gasteiger partial charge in [-0.25, -0.2) is 4.79 Å². The Balaban J connectivity index is 1.49. The predicted octanol–water partition coefficient (Wildman–Crippen LogP) is 0.307. The topological polar surface area (TPSA) is 209 Å². The molecule has 0 bridgehead atoms. The Morgan fingerprint density at radius 2 is 1.97 bits per heavy atom. The van der Waals surface area contributed by atoms with Crippen molar-refractivity contribution >= 4 is 35.3 Å². The molecule has 1 aromatic heterocycles. The molecular weight excluding hydrogens is 448 g/mol. The number of carboxylic acid groups (broad SMARTS) is 2. The number of nitrogens with zero attached hydrogens (tertiary/aromatic N) is 2. The monoisotopic (exact) mass is 470 g/mol. The summed E-state index contributed by atoms with van der Waals surface area (Å²) in [5.74, 6) is -3.02. The lowest BCUT2D eigenvalue weighted by Gasteiger charge is -2.18. The van der Waals surface area contributed by atoms with Crippen molar-refractivity contribution in [1.29, 1.82) is 0 Å². The minimum Gasteiger partial charge on any atom is -0.481 e. The molecule has 2 unspecified atom stereocenters. The van der Waals surface area contributed by atoms with Crippen LogP contribution in [0.1, 0.15) is 46.9 Å². The number of fused-ring (bicyclic) bond motifs is 3. The van der Waals surface area contributed by atoms with Crippen molar-refractivity contribution in [3.8, 4) is 0 Å². The SMILES string of the molecule is Nc1nc2c(c(=O)[nH]1)C1=NOC(c3ccc(C(=O)N[C@@H](CCC(=O)O)C(=O)O)cc3)C1CCN2. The number of aliphatic carboxylic acids is 2. The maximum atomic E-state index is 12.5. The molecule has 1 amide bonds. The Hall–Kier alpha value is -4.42. The van der Waals surface area contributed by atoms with Crippen LogP contribution in [-0.2, 0) is 14.4 Å². The molecule has 0 aliphatic carbocycles. The number of H-pyrrole nitrogens is 1. The molecule has 1 aromatic carbocycles. The first-order valence-electron chi connectivity index (χ1n) is 10.5. The van der Waals surface area contributed by atoms with Crippen molar-refractivity contribution in [2.45, 2.75) is 31.4 Å². The molecule has 2 aromatic rings. The van der Waals surface area contributed by atoms with E-state index in [-0.39, 0.29) is 35.8 Å². The fourth-order valence-corrected chi connectivity index (χ4v) is 4.00. The lowest BCUT2D eigenvalue weighted by molar-refractivity contribution is -0.140. The summed E-state index contributed by atoms with van der Waals surface area (Å²) in [6, 6.07) is 5.03. The molecule has 2 aliphatic heterocycles. The molecule has 13 nitrogen and oxygen atoms in total. The van der Waals surface area contributed by atoms with Gasteiger partial charge in [-0.1, -0.05) is 17.3 Å². The van der Waals surface area contributed by atoms with E-state index in [1.165, 1.54) is 12.1 Å². The number of hydrogen-bond acceptors (Lipinski definition) is 9. The first-order valence-corrected chi connectivity index (χ1v) is 10.5. The zero-order valence-electron chi connectivity index (χ0n) is 17.8. The summed E-state index contributed by atoms with van der Waals surface area (Å²) in [6.07, 6.45) is -0.520. The summed E-state index contributed by atoms with van der Waals surface area (Å²) in [4.78, 5) is 59.3. The second-order valence-corrected chi connectivity index (χ2v) is 7.92. The number of nitrogen functional groups attached to an aromatic ring is 1. The smallest absolute Gasteiger partial charge is 0.326 e. The van der Waals surface area contributed by atoms with E-state index in [0.29, 0.717) is 30.1 Å². The van der Waals surface area contributed by atoms with Crippen molar-refractivity contribution < 1.29 is 29.4 Å². The highest BCUT2D eigenvalue weighted by Crippen LogP contribution is 2.39. The number of carbonyl (C=O) groups excluding carboxylic acids is 1. The van der Waals surface area contributed by atoms with Gasteiger partial charge in [-0.05, 0) is 30.5 Å². The van der Waals surface area contributed by atoms with E-state index in [0.717, 1.165) is 0 Å². The zero-order chi connectivity index (χ0) is 24.4. The minimum absolute atomic E-state index is 0.00673. The number of rotatable bonds is 7. The van der Waals surface area contributed by atoms with Crippen molar-refractivity contribution in [3.63, 3.8) is 0 Å². The Morgan fingerprint density at radius 3 is 2.65 bits per heavy atom. The quantitative estimate of drug-likeness (QED) is 0.326. The molecule has 0 saturated carbocycles. The van der Waals surface area contributed by atoms with E-state index in [1.807, 2.05) is 0 Å². The van der Waals surface area contributed by atoms with Gasteiger partial charge in [0.2, 0.25) is 5.95 Å². The molecule has 0 spiro atoms. The summed E-state index contributed by atoms with van der Waals surface area (Å²) >= 11 is 0. The van der Waals surface area contributed by atoms with E-state index >= 15 is 0 Å². The standard InChI is InChI=1S/C21H22N6O7/c22-21-25-17-14(19(31)26-21)15-11(7-8-23-17)16(34-27-15)9-1-3-10(4-2-9)18(30)24-12(20(32)33)5-6-13(28)29/h1-4,11-12,16H,5-8H2,(H,24,30)(H,28,29)(H,32,33)(H4,22,23,25,26,31)/t11?,12-,16?/m0/s1. The lowest BCUT2D eigenvalue weighted by Crippen LogP contribution is -2.41. The van der Waals surface area contributed by atoms with Gasteiger partial charge < -0.3 is 31.4 Å². The van der Waals surface area contributed by atoms with Crippen molar-refractivity contribution in [1.82, 2.24) is 15.3 Å². The van der Waals surface area contributed by atoms with E-state index in [1.54, 1.807) is 12.1 Å². The molecule has 178 valence electrons. The number of aromatic amines is 1. The number of benzene rings is 1. The second-order valence-electron chi connectivity index (χ2n) is 7.92. The summed E-state index contributed by atoms with van der Waals surface area (Å²) in [5.41, 5.74) is 6.86. The third-order valence-corrected chi connectivity index (χ3v) is 5.67. The van der Waals surface area contributed by atoms with Crippen LogP contribution in [0.15, 0.2) is 34.2 Å². The van der Waals surface area contributed by atoms with Gasteiger partial charge in [-0.3, -0.25) is 19.4 Å². The van der Waals surface area contributed by atoms with Gasteiger partial charge >= 0.3 is 11.9 Å². The highest BCUT2D eigenvalue weighted by atomic mass is 16.6. The molecule has 13 heteroatoms. The van der Waals surface area contributed by atoms with Crippen LogP contribution < -0.4 is 21.9 Å². The summed E-state index contributed by atoms with van der Waals surface area (Å²) in [5, 5.41) is 27.5. The fourth-order valence-electron chi connectivity index (χ4n) is 4.00. The highest BCUT2D eigenvalue weighted by Gasteiger charge is 2.40. The van der Waals surface area contributed by atoms with E-state index in [9.17, 15) is 24.3 Å². The second kappa shape index (κ2) is 9.21. The number of carbonyl (C=O) groups is 3. The number of amides is 1. The van der Waals surface area contributed by atoms with Crippen molar-refractivity contribution in [2.75, 3.05) is 17.6 Å². The van der Waals surface area contributed by atoms with Crippen LogP contribution in [-0.4, -0.2) is 56.3 Å². The maximum absolute atomic E-state index is 12.5. The number of anilines is 2. The zero-order valence-corrected chi connectivity index (χ0v) is 17.8. The molecule has 34 heavy (non-hydrogen) atoms. The maximum Gasteiger partial charge on any atom is 0.326 e. The van der Waals surface area contributed by atoms with Gasteiger partial charge in [0, 0.05) is 18.5 Å². The van der Waals surface area contributed by atoms with Gasteiger partial charge in [-0.2, -0.15) is 4.98 Å². The summed E-state index contributed by atoms with van der Waals surface area (Å²) < 4.78 is 0. The van der Waals surface area contributed by atoms with Crippen LogP contribution in [0.5, 0.6) is 0 Å². The van der Waals surface area contributed by atoms with Crippen LogP contribution in [0.2, 0.25) is 0 Å². The van der Waals surface area contributed by atoms with Crippen molar-refractivity contribution in [2.24, 2.45) is 11.1 Å². The molecular formula is C21H22N6O7. The van der Waals surface area contributed by atoms with E-state index in [4.69, 9.17) is 15.7 Å². The predicted molar refractivity (Wildman–Crippen MR) is 118 cm³/mol. The first-order chi connectivity index (χ1) is 16.2. The molecule has 3 atom stereocenters. The summed E-state index contributed by atoms with van der Waals surface area (Å²) in [7, 11) is 0. The molecule has 3 heterocycles. The summed E-state index contributed by atoms with van der Waals surface area (Å²) in [6.45, 7) is 0.514. The Morgan fingerprint density at radius 1 is 1.24 bits per heavy atom. The molecule has 7 N–H and O–H groups in total. The number of carboxylic acids is 2. The van der Waals surface area contributed by atoms with Crippen LogP contribution in [0, 0.1) is 5.92 Å². The van der Waals surface area contributed by atoms with Gasteiger partial charge in [0.1, 0.15) is 23.1 Å². The number of nitrogens with two attached hydrogens (primary N) is 1. The van der Waals surface area contributed by atoms with Crippen LogP contribution in [0.25, 0.3) is 0 Å². The Bertz CT molecular complexity index is 1220. The Kier molecular flexibility index (Phi) is 6.17. The van der Waals surface area contributed by atoms with E-state index in [2.05, 4.69) is 25.8 Å². The van der Waals surface area contributed by atoms with Gasteiger partial charge in [0.25, 0.3) is 11.5 Å². The van der Waals surface area contributed by atoms with Gasteiger partial charge in [0.05, 0.1) is 5.92 Å². The van der Waals surface area contributed by atoms with Gasteiger partial charge in [-0.15, -0.1) is 0 Å². The normalized spacial score (nSPS) is 19.4. The number of aromatic nitrogens is 2. The fraction of sp³-hybridized carbons (Fsp3) is 0.333. The Labute approximate surface area is 192 Å². The number of hydrogen-bond donors (Lipinski definition) is 6. The molecule has 2 aliphatic rings. The third kappa shape index (κ3) is 4.53. The third-order valence-electron chi connectivity index (χ3n) is 5.67. The largest absolute Gasteiger partial charge is 0.481 e. The highest BCUT2D eigenvalue weighted by molar-refractivity contribution is 6.07. The molecule has 4 rings (SSSR count). The van der Waals surface area contributed by atoms with E-state index < -0.39 is 35.6 Å². The average Bonchev–Trinajstić information content (AvgIpc) is 3.10. The molecule has 0 fully saturated rings. The van der Waals surface area contributed by atoms with Crippen molar-refractivity contribution in [3.05, 3.63) is 51.3 Å². The first kappa shape index (κ1) is 22.8.